The summed E-state index contributed by atoms with van der Waals surface area (Å²) in [5.41, 5.74) is 0.0394. The van der Waals surface area contributed by atoms with Crippen LogP contribution in [0.25, 0.3) is 0 Å². The van der Waals surface area contributed by atoms with Gasteiger partial charge in [0, 0.05) is 0 Å². The van der Waals surface area contributed by atoms with Crippen molar-refractivity contribution in [3.63, 3.8) is 0 Å². The summed E-state index contributed by atoms with van der Waals surface area (Å²) in [6.07, 6.45) is 2.38. The van der Waals surface area contributed by atoms with Gasteiger partial charge in [-0.3, -0.25) is 0 Å². The molecule has 2 nitrogen and oxygen atoms in total. The van der Waals surface area contributed by atoms with Gasteiger partial charge in [0.25, 0.3) is 0 Å². The zero-order valence-electron chi connectivity index (χ0n) is 4.48. The molecule has 0 bridgehead atoms. The predicted octanol–water partition coefficient (Wildman–Crippen LogP) is 0.336. The summed E-state index contributed by atoms with van der Waals surface area (Å²) in [5.74, 6) is -1.05. The van der Waals surface area contributed by atoms with Gasteiger partial charge in [-0.25, -0.2) is 0 Å². The SMILES string of the molecule is [CH-]=C/C=C(\[CH]=[Ni])C(=O)O. The topological polar surface area (TPSA) is 37.3 Å². The fourth-order valence-electron chi connectivity index (χ4n) is 0.244. The molecular weight excluding hydrogens is 163 g/mol. The zero-order valence-corrected chi connectivity index (χ0v) is 5.47. The van der Waals surface area contributed by atoms with Crippen LogP contribution in [-0.4, -0.2) is 16.1 Å². The Balaban J connectivity index is 4.32. The molecule has 0 aromatic heterocycles. The number of carboxylic acids is 1. The van der Waals surface area contributed by atoms with E-state index in [-0.39, 0.29) is 5.57 Å². The third-order valence-corrected chi connectivity index (χ3v) is 0.928. The van der Waals surface area contributed by atoms with Crippen molar-refractivity contribution in [2.45, 2.75) is 0 Å². The van der Waals surface area contributed by atoms with Gasteiger partial charge < -0.3 is 0 Å². The second-order valence-corrected chi connectivity index (χ2v) is 1.50. The molecule has 0 aliphatic rings. The van der Waals surface area contributed by atoms with E-state index in [1.165, 1.54) is 6.08 Å². The second-order valence-electron chi connectivity index (χ2n) is 1.21. The third-order valence-electron chi connectivity index (χ3n) is 0.621. The van der Waals surface area contributed by atoms with Gasteiger partial charge >= 0.3 is 60.2 Å². The van der Waals surface area contributed by atoms with Crippen molar-refractivity contribution in [1.82, 2.24) is 0 Å². The van der Waals surface area contributed by atoms with Crippen molar-refractivity contribution < 1.29 is 24.9 Å². The van der Waals surface area contributed by atoms with Crippen LogP contribution in [0.4, 0.5) is 0 Å². The summed E-state index contributed by atoms with van der Waals surface area (Å²) in [4.78, 5) is 11.2. The molecule has 0 radical (unpaired) electrons. The van der Waals surface area contributed by atoms with Crippen molar-refractivity contribution in [2.24, 2.45) is 0 Å². The first-order chi connectivity index (χ1) is 4.22. The summed E-state index contributed by atoms with van der Waals surface area (Å²) < 4.78 is 0. The van der Waals surface area contributed by atoms with E-state index < -0.39 is 5.97 Å². The third kappa shape index (κ3) is 2.99. The molecule has 0 aromatic carbocycles. The molecule has 0 aliphatic carbocycles. The molecular formula is C6H5NiO2-. The molecule has 0 aliphatic heterocycles. The number of hydrogen-bond acceptors (Lipinski definition) is 1. The Bertz CT molecular complexity index is 170. The summed E-state index contributed by atoms with van der Waals surface area (Å²) in [5, 5.41) is 8.27. The minimum atomic E-state index is -1.05. The van der Waals surface area contributed by atoms with E-state index >= 15 is 0 Å². The van der Waals surface area contributed by atoms with Crippen molar-refractivity contribution in [3.8, 4) is 0 Å². The standard InChI is InChI=1S/C6H5O2.Ni/c1-3-4-5(2)6(7)8;/h1-4H,(H,7,8);/q-1;/b5-4+;. The van der Waals surface area contributed by atoms with E-state index in [0.717, 1.165) is 11.1 Å². The Labute approximate surface area is 60.8 Å². The summed E-state index contributed by atoms with van der Waals surface area (Å²) in [6.45, 7) is 4.92. The monoisotopic (exact) mass is 167 g/mol. The van der Waals surface area contributed by atoms with Gasteiger partial charge in [0.2, 0.25) is 0 Å². The molecule has 0 saturated carbocycles. The Morgan fingerprint density at radius 2 is 2.22 bits per heavy atom. The molecule has 0 atom stereocenters. The Kier molecular flexibility index (Phi) is 3.90. The van der Waals surface area contributed by atoms with E-state index in [0.29, 0.717) is 0 Å². The Morgan fingerprint density at radius 1 is 1.67 bits per heavy atom. The van der Waals surface area contributed by atoms with E-state index in [1.807, 2.05) is 0 Å². The normalized spacial score (nSPS) is 10.7. The molecule has 0 heterocycles. The van der Waals surface area contributed by atoms with Gasteiger partial charge in [-0.1, -0.05) is 0 Å². The quantitative estimate of drug-likeness (QED) is 0.285. The summed E-state index contributed by atoms with van der Waals surface area (Å²) in [7, 11) is 0. The summed E-state index contributed by atoms with van der Waals surface area (Å²) in [6, 6.07) is 0. The summed E-state index contributed by atoms with van der Waals surface area (Å²) >= 11 is 4.09. The van der Waals surface area contributed by atoms with Crippen LogP contribution in [-0.2, 0) is 19.8 Å². The van der Waals surface area contributed by atoms with Crippen molar-refractivity contribution in [1.29, 1.82) is 0 Å². The molecule has 9 heavy (non-hydrogen) atoms. The maximum absolute atomic E-state index is 10.1. The molecule has 0 spiro atoms. The minimum absolute atomic E-state index is 0.0394. The molecule has 1 N–H and O–H groups in total. The van der Waals surface area contributed by atoms with Crippen LogP contribution in [0, 0.1) is 6.58 Å². The predicted molar refractivity (Wildman–Crippen MR) is 30.7 cm³/mol. The molecule has 0 fully saturated rings. The number of carbonyl (C=O) groups is 1. The zero-order chi connectivity index (χ0) is 7.28. The Morgan fingerprint density at radius 3 is 2.33 bits per heavy atom. The van der Waals surface area contributed by atoms with Crippen LogP contribution in [0.1, 0.15) is 0 Å². The van der Waals surface area contributed by atoms with E-state index in [9.17, 15) is 4.79 Å². The molecule has 0 aromatic rings. The molecule has 52 valence electrons. The van der Waals surface area contributed by atoms with Crippen LogP contribution < -0.4 is 0 Å². The average Bonchev–Trinajstić information content (AvgIpc) is 1.82. The second kappa shape index (κ2) is 4.22. The first-order valence-corrected chi connectivity index (χ1v) is 2.67. The van der Waals surface area contributed by atoms with E-state index in [1.54, 1.807) is 0 Å². The molecule has 0 unspecified atom stereocenters. The number of carboxylic acid groups (broad SMARTS) is 1. The van der Waals surface area contributed by atoms with Crippen LogP contribution >= 0.6 is 0 Å². The van der Waals surface area contributed by atoms with Crippen LogP contribution in [0.3, 0.4) is 0 Å². The molecule has 0 rings (SSSR count). The van der Waals surface area contributed by atoms with Gasteiger partial charge in [-0.05, 0) is 0 Å². The Hall–Kier alpha value is -0.686. The van der Waals surface area contributed by atoms with Crippen LogP contribution in [0.15, 0.2) is 17.7 Å². The molecule has 0 saturated heterocycles. The molecule has 0 amide bonds. The fraction of sp³-hybridized carbons (Fsp3) is 0. The van der Waals surface area contributed by atoms with Gasteiger partial charge in [0.15, 0.2) is 0 Å². The van der Waals surface area contributed by atoms with Crippen molar-refractivity contribution >= 4 is 11.0 Å². The van der Waals surface area contributed by atoms with Gasteiger partial charge in [-0.15, -0.1) is 0 Å². The first-order valence-electron chi connectivity index (χ1n) is 2.10. The van der Waals surface area contributed by atoms with E-state index in [4.69, 9.17) is 11.7 Å². The van der Waals surface area contributed by atoms with Crippen LogP contribution in [0.5, 0.6) is 0 Å². The van der Waals surface area contributed by atoms with Crippen molar-refractivity contribution in [2.75, 3.05) is 0 Å². The number of rotatable bonds is 3. The number of aliphatic carboxylic acids is 1. The van der Waals surface area contributed by atoms with Gasteiger partial charge in [0.1, 0.15) is 0 Å². The van der Waals surface area contributed by atoms with Crippen LogP contribution in [0.2, 0.25) is 0 Å². The van der Waals surface area contributed by atoms with Gasteiger partial charge in [-0.2, -0.15) is 0 Å². The molecule has 3 heteroatoms. The van der Waals surface area contributed by atoms with Crippen molar-refractivity contribution in [3.05, 3.63) is 24.3 Å². The fourth-order valence-corrected chi connectivity index (χ4v) is 0.461. The average molecular weight is 168 g/mol. The first kappa shape index (κ1) is 8.31. The van der Waals surface area contributed by atoms with Gasteiger partial charge in [0.05, 0.1) is 0 Å². The number of allylic oxidation sites excluding steroid dienone is 2. The van der Waals surface area contributed by atoms with E-state index in [2.05, 4.69) is 15.0 Å². The maximum atomic E-state index is 10.1. The number of hydrogen-bond donors (Lipinski definition) is 1.